The summed E-state index contributed by atoms with van der Waals surface area (Å²) in [7, 11) is 0. The molecule has 1 heteroatoms. The summed E-state index contributed by atoms with van der Waals surface area (Å²) in [5.74, 6) is 0. The lowest BCUT2D eigenvalue weighted by Gasteiger charge is -2.23. The van der Waals surface area contributed by atoms with E-state index in [1.54, 1.807) is 0 Å². The molecule has 0 bridgehead atoms. The molecule has 1 saturated heterocycles. The SMILES string of the molecule is CC1NCCC/C1=C\c1ccccc1. The molecule has 0 spiro atoms. The van der Waals surface area contributed by atoms with Crippen LogP contribution in [0, 0.1) is 0 Å². The molecule has 1 aromatic rings. The molecule has 0 aromatic heterocycles. The van der Waals surface area contributed by atoms with Gasteiger partial charge in [-0.25, -0.2) is 0 Å². The van der Waals surface area contributed by atoms with Crippen molar-refractivity contribution in [1.82, 2.24) is 5.32 Å². The largest absolute Gasteiger partial charge is 0.311 e. The summed E-state index contributed by atoms with van der Waals surface area (Å²) in [6.45, 7) is 3.40. The third kappa shape index (κ3) is 2.24. The number of piperidine rings is 1. The van der Waals surface area contributed by atoms with Gasteiger partial charge >= 0.3 is 0 Å². The van der Waals surface area contributed by atoms with Crippen LogP contribution in [-0.2, 0) is 0 Å². The molecular formula is C13H17N. The van der Waals surface area contributed by atoms with E-state index in [1.807, 2.05) is 0 Å². The molecule has 0 radical (unpaired) electrons. The summed E-state index contributed by atoms with van der Waals surface area (Å²) in [6, 6.07) is 11.1. The van der Waals surface area contributed by atoms with Crippen LogP contribution in [0.2, 0.25) is 0 Å². The first-order chi connectivity index (χ1) is 6.86. The Morgan fingerprint density at radius 2 is 2.07 bits per heavy atom. The third-order valence-corrected chi connectivity index (χ3v) is 2.80. The van der Waals surface area contributed by atoms with Crippen LogP contribution >= 0.6 is 0 Å². The van der Waals surface area contributed by atoms with Crippen LogP contribution in [0.25, 0.3) is 6.08 Å². The number of hydrogen-bond donors (Lipinski definition) is 1. The highest BCUT2D eigenvalue weighted by Crippen LogP contribution is 2.18. The first-order valence-corrected chi connectivity index (χ1v) is 5.35. The topological polar surface area (TPSA) is 12.0 Å². The van der Waals surface area contributed by atoms with E-state index in [1.165, 1.54) is 24.0 Å². The van der Waals surface area contributed by atoms with Crippen molar-refractivity contribution in [3.63, 3.8) is 0 Å². The predicted octanol–water partition coefficient (Wildman–Crippen LogP) is 2.84. The fraction of sp³-hybridized carbons (Fsp3) is 0.385. The van der Waals surface area contributed by atoms with E-state index < -0.39 is 0 Å². The normalized spacial score (nSPS) is 25.2. The maximum atomic E-state index is 3.48. The van der Waals surface area contributed by atoms with E-state index in [9.17, 15) is 0 Å². The van der Waals surface area contributed by atoms with E-state index in [-0.39, 0.29) is 0 Å². The molecule has 14 heavy (non-hydrogen) atoms. The fourth-order valence-electron chi connectivity index (χ4n) is 1.92. The Morgan fingerprint density at radius 3 is 2.79 bits per heavy atom. The van der Waals surface area contributed by atoms with E-state index in [4.69, 9.17) is 0 Å². The quantitative estimate of drug-likeness (QED) is 0.713. The molecule has 0 aliphatic carbocycles. The van der Waals surface area contributed by atoms with Crippen LogP contribution in [0.15, 0.2) is 35.9 Å². The second-order valence-electron chi connectivity index (χ2n) is 3.91. The van der Waals surface area contributed by atoms with Crippen molar-refractivity contribution in [1.29, 1.82) is 0 Å². The van der Waals surface area contributed by atoms with E-state index in [2.05, 4.69) is 48.6 Å². The van der Waals surface area contributed by atoms with E-state index in [0.717, 1.165) is 6.54 Å². The van der Waals surface area contributed by atoms with Crippen LogP contribution in [0.1, 0.15) is 25.3 Å². The maximum absolute atomic E-state index is 3.48. The Balaban J connectivity index is 2.17. The number of nitrogens with one attached hydrogen (secondary N) is 1. The van der Waals surface area contributed by atoms with Gasteiger partial charge in [0.25, 0.3) is 0 Å². The van der Waals surface area contributed by atoms with Gasteiger partial charge in [-0.15, -0.1) is 0 Å². The molecule has 0 amide bonds. The van der Waals surface area contributed by atoms with Crippen LogP contribution in [0.5, 0.6) is 0 Å². The van der Waals surface area contributed by atoms with Crippen molar-refractivity contribution in [3.05, 3.63) is 41.5 Å². The average Bonchev–Trinajstić information content (AvgIpc) is 2.23. The molecule has 1 heterocycles. The number of rotatable bonds is 1. The van der Waals surface area contributed by atoms with Gasteiger partial charge in [-0.1, -0.05) is 42.0 Å². The molecule has 74 valence electrons. The second-order valence-corrected chi connectivity index (χ2v) is 3.91. The molecule has 1 aromatic carbocycles. The lowest BCUT2D eigenvalue weighted by Crippen LogP contribution is -2.33. The minimum atomic E-state index is 0.545. The Morgan fingerprint density at radius 1 is 1.29 bits per heavy atom. The van der Waals surface area contributed by atoms with Gasteiger partial charge in [-0.3, -0.25) is 0 Å². The van der Waals surface area contributed by atoms with E-state index in [0.29, 0.717) is 6.04 Å². The third-order valence-electron chi connectivity index (χ3n) is 2.80. The standard InChI is InChI=1S/C13H17N/c1-11-13(8-5-9-14-11)10-12-6-3-2-4-7-12/h2-4,6-7,10-11,14H,5,8-9H2,1H3/b13-10+. The molecule has 1 N–H and O–H groups in total. The molecule has 2 rings (SSSR count). The molecule has 1 atom stereocenters. The van der Waals surface area contributed by atoms with E-state index >= 15 is 0 Å². The molecule has 1 fully saturated rings. The summed E-state index contributed by atoms with van der Waals surface area (Å²) in [6.07, 6.45) is 4.82. The summed E-state index contributed by atoms with van der Waals surface area (Å²) in [5, 5.41) is 3.48. The van der Waals surface area contributed by atoms with Crippen LogP contribution in [0.3, 0.4) is 0 Å². The van der Waals surface area contributed by atoms with Crippen LogP contribution in [-0.4, -0.2) is 12.6 Å². The zero-order valence-electron chi connectivity index (χ0n) is 8.66. The Kier molecular flexibility index (Phi) is 3.00. The predicted molar refractivity (Wildman–Crippen MR) is 61.1 cm³/mol. The molecule has 1 unspecified atom stereocenters. The zero-order valence-corrected chi connectivity index (χ0v) is 8.66. The average molecular weight is 187 g/mol. The van der Waals surface area contributed by atoms with Crippen LogP contribution < -0.4 is 5.32 Å². The Hall–Kier alpha value is -1.08. The summed E-state index contributed by atoms with van der Waals surface area (Å²) < 4.78 is 0. The number of benzene rings is 1. The van der Waals surface area contributed by atoms with Gasteiger partial charge in [0.15, 0.2) is 0 Å². The zero-order chi connectivity index (χ0) is 9.80. The molecule has 1 aliphatic heterocycles. The van der Waals surface area contributed by atoms with Crippen LogP contribution in [0.4, 0.5) is 0 Å². The van der Waals surface area contributed by atoms with Crippen molar-refractivity contribution in [2.45, 2.75) is 25.8 Å². The van der Waals surface area contributed by atoms with Crippen molar-refractivity contribution in [2.75, 3.05) is 6.54 Å². The van der Waals surface area contributed by atoms with Crippen molar-refractivity contribution < 1.29 is 0 Å². The van der Waals surface area contributed by atoms with Gasteiger partial charge in [0, 0.05) is 6.04 Å². The first kappa shape index (κ1) is 9.47. The second kappa shape index (κ2) is 4.43. The summed E-state index contributed by atoms with van der Waals surface area (Å²) in [4.78, 5) is 0. The van der Waals surface area contributed by atoms with Gasteiger partial charge in [0.2, 0.25) is 0 Å². The fourth-order valence-corrected chi connectivity index (χ4v) is 1.92. The van der Waals surface area contributed by atoms with Gasteiger partial charge in [0.1, 0.15) is 0 Å². The monoisotopic (exact) mass is 187 g/mol. The Labute approximate surface area is 85.8 Å². The highest BCUT2D eigenvalue weighted by atomic mass is 14.9. The highest BCUT2D eigenvalue weighted by molar-refractivity contribution is 5.54. The lowest BCUT2D eigenvalue weighted by molar-refractivity contribution is 0.520. The van der Waals surface area contributed by atoms with Crippen molar-refractivity contribution in [3.8, 4) is 0 Å². The molecular weight excluding hydrogens is 170 g/mol. The smallest absolute Gasteiger partial charge is 0.0254 e. The Bertz CT molecular complexity index is 313. The van der Waals surface area contributed by atoms with Gasteiger partial charge in [-0.05, 0) is 31.9 Å². The summed E-state index contributed by atoms with van der Waals surface area (Å²) in [5.41, 5.74) is 2.85. The minimum Gasteiger partial charge on any atom is -0.311 e. The highest BCUT2D eigenvalue weighted by Gasteiger charge is 2.12. The number of hydrogen-bond acceptors (Lipinski definition) is 1. The molecule has 0 saturated carbocycles. The van der Waals surface area contributed by atoms with Gasteiger partial charge in [0.05, 0.1) is 0 Å². The van der Waals surface area contributed by atoms with Gasteiger partial charge < -0.3 is 5.32 Å². The molecule has 1 aliphatic rings. The summed E-state index contributed by atoms with van der Waals surface area (Å²) >= 11 is 0. The molecule has 1 nitrogen and oxygen atoms in total. The first-order valence-electron chi connectivity index (χ1n) is 5.35. The van der Waals surface area contributed by atoms with Crippen molar-refractivity contribution >= 4 is 6.08 Å². The lowest BCUT2D eigenvalue weighted by atomic mass is 9.97. The van der Waals surface area contributed by atoms with Gasteiger partial charge in [-0.2, -0.15) is 0 Å². The maximum Gasteiger partial charge on any atom is 0.0254 e. The minimum absolute atomic E-state index is 0.545. The van der Waals surface area contributed by atoms with Crippen molar-refractivity contribution in [2.24, 2.45) is 0 Å².